The SMILES string of the molecule is COc1ccc(CN(C)C(=O)c2ccc3c(c2)OCC(=O)N3)cc1OC(F)F. The van der Waals surface area contributed by atoms with Gasteiger partial charge in [-0.05, 0) is 35.9 Å². The number of alkyl halides is 2. The van der Waals surface area contributed by atoms with E-state index in [1.54, 1.807) is 31.3 Å². The lowest BCUT2D eigenvalue weighted by molar-refractivity contribution is -0.118. The highest BCUT2D eigenvalue weighted by molar-refractivity contribution is 5.98. The fourth-order valence-electron chi connectivity index (χ4n) is 2.78. The molecule has 7 nitrogen and oxygen atoms in total. The molecule has 1 aliphatic heterocycles. The maximum absolute atomic E-state index is 12.7. The molecular weight excluding hydrogens is 374 g/mol. The van der Waals surface area contributed by atoms with Gasteiger partial charge in [-0.1, -0.05) is 6.07 Å². The highest BCUT2D eigenvalue weighted by Crippen LogP contribution is 2.31. The summed E-state index contributed by atoms with van der Waals surface area (Å²) in [6.45, 7) is -2.93. The lowest BCUT2D eigenvalue weighted by atomic mass is 10.1. The predicted molar refractivity (Wildman–Crippen MR) is 96.0 cm³/mol. The molecule has 3 rings (SSSR count). The number of hydrogen-bond acceptors (Lipinski definition) is 5. The van der Waals surface area contributed by atoms with Crippen molar-refractivity contribution in [3.8, 4) is 17.2 Å². The van der Waals surface area contributed by atoms with Crippen molar-refractivity contribution in [2.45, 2.75) is 13.2 Å². The predicted octanol–water partition coefficient (Wildman–Crippen LogP) is 2.90. The van der Waals surface area contributed by atoms with E-state index in [1.807, 2.05) is 0 Å². The van der Waals surface area contributed by atoms with Crippen molar-refractivity contribution in [2.24, 2.45) is 0 Å². The topological polar surface area (TPSA) is 77.1 Å². The second kappa shape index (κ2) is 8.12. The number of amides is 2. The van der Waals surface area contributed by atoms with Gasteiger partial charge in [-0.2, -0.15) is 8.78 Å². The average Bonchev–Trinajstić information content (AvgIpc) is 2.66. The number of halogens is 2. The van der Waals surface area contributed by atoms with Crippen molar-refractivity contribution in [2.75, 3.05) is 26.1 Å². The number of hydrogen-bond donors (Lipinski definition) is 1. The summed E-state index contributed by atoms with van der Waals surface area (Å²) in [5, 5.41) is 2.65. The number of fused-ring (bicyclic) bond motifs is 1. The largest absolute Gasteiger partial charge is 0.493 e. The average molecular weight is 392 g/mol. The van der Waals surface area contributed by atoms with Crippen LogP contribution in [0.1, 0.15) is 15.9 Å². The zero-order chi connectivity index (χ0) is 20.3. The summed E-state index contributed by atoms with van der Waals surface area (Å²) < 4.78 is 39.9. The third kappa shape index (κ3) is 4.30. The van der Waals surface area contributed by atoms with Crippen molar-refractivity contribution in [1.82, 2.24) is 4.90 Å². The van der Waals surface area contributed by atoms with E-state index in [1.165, 1.54) is 24.1 Å². The van der Waals surface area contributed by atoms with Crippen LogP contribution in [0.25, 0.3) is 0 Å². The molecule has 0 bridgehead atoms. The van der Waals surface area contributed by atoms with E-state index in [0.717, 1.165) is 0 Å². The van der Waals surface area contributed by atoms with Crippen LogP contribution in [0.15, 0.2) is 36.4 Å². The molecule has 2 amide bonds. The Morgan fingerprint density at radius 1 is 1.25 bits per heavy atom. The number of ether oxygens (including phenoxy) is 3. The van der Waals surface area contributed by atoms with Crippen LogP contribution in [-0.4, -0.2) is 44.1 Å². The van der Waals surface area contributed by atoms with Gasteiger partial charge >= 0.3 is 6.61 Å². The summed E-state index contributed by atoms with van der Waals surface area (Å²) in [4.78, 5) is 25.4. The highest BCUT2D eigenvalue weighted by Gasteiger charge is 2.20. The van der Waals surface area contributed by atoms with Crippen LogP contribution in [0.5, 0.6) is 17.2 Å². The minimum atomic E-state index is -2.99. The molecule has 0 aromatic heterocycles. The number of nitrogens with zero attached hydrogens (tertiary/aromatic N) is 1. The lowest BCUT2D eigenvalue weighted by Crippen LogP contribution is -2.28. The maximum atomic E-state index is 12.7. The minimum Gasteiger partial charge on any atom is -0.493 e. The Morgan fingerprint density at radius 2 is 2.04 bits per heavy atom. The molecule has 0 saturated heterocycles. The molecule has 2 aromatic carbocycles. The number of carbonyl (C=O) groups is 2. The van der Waals surface area contributed by atoms with Crippen LogP contribution >= 0.6 is 0 Å². The van der Waals surface area contributed by atoms with Crippen molar-refractivity contribution in [3.05, 3.63) is 47.5 Å². The summed E-state index contributed by atoms with van der Waals surface area (Å²) >= 11 is 0. The zero-order valence-electron chi connectivity index (χ0n) is 15.2. The summed E-state index contributed by atoms with van der Waals surface area (Å²) in [5.41, 5.74) is 1.46. The van der Waals surface area contributed by atoms with Gasteiger partial charge in [0.15, 0.2) is 18.1 Å². The number of nitrogens with one attached hydrogen (secondary N) is 1. The van der Waals surface area contributed by atoms with E-state index in [4.69, 9.17) is 9.47 Å². The van der Waals surface area contributed by atoms with Crippen molar-refractivity contribution in [3.63, 3.8) is 0 Å². The van der Waals surface area contributed by atoms with Crippen LogP contribution in [0, 0.1) is 0 Å². The summed E-state index contributed by atoms with van der Waals surface area (Å²) in [6.07, 6.45) is 0. The number of benzene rings is 2. The van der Waals surface area contributed by atoms with Crippen molar-refractivity contribution < 1.29 is 32.6 Å². The molecule has 1 heterocycles. The van der Waals surface area contributed by atoms with Crippen LogP contribution in [0.2, 0.25) is 0 Å². The second-order valence-electron chi connectivity index (χ2n) is 6.07. The molecule has 148 valence electrons. The monoisotopic (exact) mass is 392 g/mol. The van der Waals surface area contributed by atoms with Crippen molar-refractivity contribution in [1.29, 1.82) is 0 Å². The fourth-order valence-corrected chi connectivity index (χ4v) is 2.78. The smallest absolute Gasteiger partial charge is 0.387 e. The molecule has 1 N–H and O–H groups in total. The van der Waals surface area contributed by atoms with E-state index in [2.05, 4.69) is 10.1 Å². The molecule has 0 aliphatic carbocycles. The first-order chi connectivity index (χ1) is 13.4. The third-order valence-corrected chi connectivity index (χ3v) is 4.07. The van der Waals surface area contributed by atoms with Gasteiger partial charge in [-0.3, -0.25) is 9.59 Å². The molecule has 0 spiro atoms. The molecule has 2 aromatic rings. The number of anilines is 1. The number of rotatable bonds is 6. The molecule has 0 saturated carbocycles. The first kappa shape index (κ1) is 19.4. The molecule has 9 heteroatoms. The van der Waals surface area contributed by atoms with Crippen LogP contribution in [-0.2, 0) is 11.3 Å². The zero-order valence-corrected chi connectivity index (χ0v) is 15.2. The van der Waals surface area contributed by atoms with Gasteiger partial charge in [-0.15, -0.1) is 0 Å². The quantitative estimate of drug-likeness (QED) is 0.818. The Hall–Kier alpha value is -3.36. The Bertz CT molecular complexity index is 904. The van der Waals surface area contributed by atoms with Gasteiger partial charge in [0.25, 0.3) is 11.8 Å². The number of carbonyl (C=O) groups excluding carboxylic acids is 2. The Kier molecular flexibility index (Phi) is 5.62. The summed E-state index contributed by atoms with van der Waals surface area (Å²) in [5.74, 6) is -0.0722. The molecule has 0 radical (unpaired) electrons. The molecule has 0 unspecified atom stereocenters. The second-order valence-corrected chi connectivity index (χ2v) is 6.07. The molecule has 0 atom stereocenters. The molecule has 0 fully saturated rings. The van der Waals surface area contributed by atoms with Crippen LogP contribution < -0.4 is 19.5 Å². The Labute approximate surface area is 159 Å². The van der Waals surface area contributed by atoms with Crippen molar-refractivity contribution >= 4 is 17.5 Å². The molecular formula is C19H18F2N2O5. The van der Waals surface area contributed by atoms with Gasteiger partial charge in [-0.25, -0.2) is 0 Å². The van der Waals surface area contributed by atoms with Gasteiger partial charge in [0.2, 0.25) is 0 Å². The molecule has 1 aliphatic rings. The normalized spacial score (nSPS) is 12.7. The summed E-state index contributed by atoms with van der Waals surface area (Å²) in [6, 6.07) is 9.28. The van der Waals surface area contributed by atoms with Crippen LogP contribution in [0.3, 0.4) is 0 Å². The van der Waals surface area contributed by atoms with E-state index in [-0.39, 0.29) is 36.5 Å². The van der Waals surface area contributed by atoms with E-state index in [9.17, 15) is 18.4 Å². The van der Waals surface area contributed by atoms with E-state index >= 15 is 0 Å². The maximum Gasteiger partial charge on any atom is 0.387 e. The summed E-state index contributed by atoms with van der Waals surface area (Å²) in [7, 11) is 2.94. The first-order valence-corrected chi connectivity index (χ1v) is 8.31. The lowest BCUT2D eigenvalue weighted by Gasteiger charge is -2.21. The standard InChI is InChI=1S/C19H18F2N2O5/c1-23(9-11-3-6-14(26-2)16(7-11)28-19(20)21)18(25)12-4-5-13-15(8-12)27-10-17(24)22-13/h3-8,19H,9-10H2,1-2H3,(H,22,24). The fraction of sp³-hybridized carbons (Fsp3) is 0.263. The highest BCUT2D eigenvalue weighted by atomic mass is 19.3. The van der Waals surface area contributed by atoms with Crippen LogP contribution in [0.4, 0.5) is 14.5 Å². The molecule has 28 heavy (non-hydrogen) atoms. The minimum absolute atomic E-state index is 0.103. The van der Waals surface area contributed by atoms with E-state index in [0.29, 0.717) is 22.6 Å². The number of methoxy groups -OCH3 is 1. The Morgan fingerprint density at radius 3 is 2.75 bits per heavy atom. The van der Waals surface area contributed by atoms with Gasteiger partial charge in [0, 0.05) is 19.2 Å². The van der Waals surface area contributed by atoms with Gasteiger partial charge in [0.05, 0.1) is 12.8 Å². The van der Waals surface area contributed by atoms with E-state index < -0.39 is 6.61 Å². The first-order valence-electron chi connectivity index (χ1n) is 8.31. The third-order valence-electron chi connectivity index (χ3n) is 4.07. The van der Waals surface area contributed by atoms with Gasteiger partial charge in [0.1, 0.15) is 5.75 Å². The van der Waals surface area contributed by atoms with Gasteiger partial charge < -0.3 is 24.4 Å². The Balaban J connectivity index is 1.75.